The summed E-state index contributed by atoms with van der Waals surface area (Å²) in [5.74, 6) is -1.56. The minimum atomic E-state index is -1.04. The van der Waals surface area contributed by atoms with Crippen LogP contribution < -0.4 is 5.32 Å². The van der Waals surface area contributed by atoms with E-state index in [1.165, 1.54) is 0 Å². The van der Waals surface area contributed by atoms with Crippen molar-refractivity contribution in [3.63, 3.8) is 0 Å². The molecule has 7 heteroatoms. The minimum Gasteiger partial charge on any atom is -0.479 e. The van der Waals surface area contributed by atoms with E-state index in [1.807, 2.05) is 31.2 Å². The number of nitrogens with zero attached hydrogens (tertiary/aromatic N) is 1. The molecule has 1 aliphatic heterocycles. The number of aliphatic carboxylic acids is 1. The standard InChI is InChI=1S/C27H30N2O5/c1-2-17(24(30)29-13-7-8-18-14-27(18,29)25(31)32)15-28-26(33)34-16-23-21-11-5-3-9-19(21)20-10-4-6-12-22(20)23/h3-6,9-12,17-18,23H,2,7-8,13-16H2,1H3,(H,28,33)(H,31,32)/t17?,18-,27+/m0/s1. The zero-order chi connectivity index (χ0) is 23.9. The van der Waals surface area contributed by atoms with Crippen LogP contribution in [0.5, 0.6) is 0 Å². The van der Waals surface area contributed by atoms with Gasteiger partial charge in [-0.1, -0.05) is 55.5 Å². The number of likely N-dealkylation sites (tertiary alicyclic amines) is 1. The summed E-state index contributed by atoms with van der Waals surface area (Å²) in [5, 5.41) is 12.5. The van der Waals surface area contributed by atoms with Crippen molar-refractivity contribution in [2.45, 2.75) is 44.1 Å². The monoisotopic (exact) mass is 462 g/mol. The second-order valence-corrected chi connectivity index (χ2v) is 9.57. The number of benzene rings is 2. The molecule has 2 aromatic carbocycles. The summed E-state index contributed by atoms with van der Waals surface area (Å²) >= 11 is 0. The lowest BCUT2D eigenvalue weighted by Crippen LogP contribution is -2.54. The number of ether oxygens (including phenoxy) is 1. The number of fused-ring (bicyclic) bond motifs is 4. The number of amides is 2. The van der Waals surface area contributed by atoms with Crippen molar-refractivity contribution in [3.8, 4) is 11.1 Å². The van der Waals surface area contributed by atoms with Crippen molar-refractivity contribution in [2.75, 3.05) is 19.7 Å². The number of hydrogen-bond acceptors (Lipinski definition) is 4. The highest BCUT2D eigenvalue weighted by molar-refractivity contribution is 5.91. The maximum atomic E-state index is 13.2. The van der Waals surface area contributed by atoms with Crippen LogP contribution in [0.1, 0.15) is 49.7 Å². The van der Waals surface area contributed by atoms with Gasteiger partial charge in [0.1, 0.15) is 12.1 Å². The molecule has 2 amide bonds. The van der Waals surface area contributed by atoms with Gasteiger partial charge >= 0.3 is 12.1 Å². The van der Waals surface area contributed by atoms with Crippen molar-refractivity contribution >= 4 is 18.0 Å². The van der Waals surface area contributed by atoms with Crippen molar-refractivity contribution in [1.82, 2.24) is 10.2 Å². The molecule has 178 valence electrons. The molecule has 2 aromatic rings. The smallest absolute Gasteiger partial charge is 0.407 e. The van der Waals surface area contributed by atoms with Crippen LogP contribution >= 0.6 is 0 Å². The SMILES string of the molecule is CCC(CNC(=O)OCC1c2ccccc2-c2ccccc21)C(=O)N1CCC[C@H]2C[C@]21C(=O)O. The van der Waals surface area contributed by atoms with E-state index >= 15 is 0 Å². The lowest BCUT2D eigenvalue weighted by atomic mass is 9.97. The number of alkyl carbamates (subject to hydrolysis) is 1. The van der Waals surface area contributed by atoms with Crippen LogP contribution in [0, 0.1) is 11.8 Å². The third kappa shape index (κ3) is 3.63. The Morgan fingerprint density at radius 1 is 1.12 bits per heavy atom. The first-order valence-electron chi connectivity index (χ1n) is 12.1. The molecule has 0 bridgehead atoms. The fourth-order valence-corrected chi connectivity index (χ4v) is 5.85. The molecule has 1 saturated heterocycles. The Labute approximate surface area is 199 Å². The Morgan fingerprint density at radius 2 is 1.76 bits per heavy atom. The molecule has 1 heterocycles. The highest BCUT2D eigenvalue weighted by atomic mass is 16.5. The van der Waals surface area contributed by atoms with Crippen LogP contribution in [0.2, 0.25) is 0 Å². The summed E-state index contributed by atoms with van der Waals surface area (Å²) in [6.07, 6.45) is 2.15. The van der Waals surface area contributed by atoms with E-state index < -0.39 is 23.5 Å². The molecular formula is C27H30N2O5. The van der Waals surface area contributed by atoms with Gasteiger partial charge in [0, 0.05) is 19.0 Å². The lowest BCUT2D eigenvalue weighted by Gasteiger charge is -2.36. The van der Waals surface area contributed by atoms with Crippen LogP contribution in [0.3, 0.4) is 0 Å². The lowest BCUT2D eigenvalue weighted by molar-refractivity contribution is -0.156. The quantitative estimate of drug-likeness (QED) is 0.648. The van der Waals surface area contributed by atoms with E-state index in [1.54, 1.807) is 4.90 Å². The van der Waals surface area contributed by atoms with Gasteiger partial charge in [0.05, 0.1) is 5.92 Å². The number of carboxylic acid groups (broad SMARTS) is 1. The fraction of sp³-hybridized carbons (Fsp3) is 0.444. The average molecular weight is 463 g/mol. The predicted octanol–water partition coefficient (Wildman–Crippen LogP) is 4.02. The highest BCUT2D eigenvalue weighted by Gasteiger charge is 2.67. The van der Waals surface area contributed by atoms with Gasteiger partial charge in [0.2, 0.25) is 5.91 Å². The van der Waals surface area contributed by atoms with E-state index in [4.69, 9.17) is 4.74 Å². The number of carboxylic acids is 1. The van der Waals surface area contributed by atoms with Crippen LogP contribution in [0.15, 0.2) is 48.5 Å². The molecular weight excluding hydrogens is 432 g/mol. The molecule has 2 fully saturated rings. The van der Waals surface area contributed by atoms with Gasteiger partial charge < -0.3 is 20.1 Å². The molecule has 3 aliphatic rings. The van der Waals surface area contributed by atoms with Gasteiger partial charge in [0.25, 0.3) is 0 Å². The van der Waals surface area contributed by atoms with Crippen LogP contribution in [0.4, 0.5) is 4.79 Å². The summed E-state index contributed by atoms with van der Waals surface area (Å²) in [7, 11) is 0. The minimum absolute atomic E-state index is 0.0303. The molecule has 2 aliphatic carbocycles. The van der Waals surface area contributed by atoms with E-state index in [0.717, 1.165) is 35.1 Å². The zero-order valence-electron chi connectivity index (χ0n) is 19.3. The van der Waals surface area contributed by atoms with Crippen LogP contribution in [-0.4, -0.2) is 53.2 Å². The number of hydrogen-bond donors (Lipinski definition) is 2. The largest absolute Gasteiger partial charge is 0.479 e. The molecule has 5 rings (SSSR count). The Hall–Kier alpha value is -3.35. The molecule has 34 heavy (non-hydrogen) atoms. The average Bonchev–Trinajstić information content (AvgIpc) is 3.54. The van der Waals surface area contributed by atoms with Gasteiger partial charge in [-0.05, 0) is 53.9 Å². The van der Waals surface area contributed by atoms with E-state index in [9.17, 15) is 19.5 Å². The molecule has 7 nitrogen and oxygen atoms in total. The topological polar surface area (TPSA) is 95.9 Å². The number of carbonyl (C=O) groups is 3. The predicted molar refractivity (Wildman–Crippen MR) is 126 cm³/mol. The van der Waals surface area contributed by atoms with Gasteiger partial charge in [0.15, 0.2) is 0 Å². The second-order valence-electron chi connectivity index (χ2n) is 9.57. The molecule has 1 unspecified atom stereocenters. The summed E-state index contributed by atoms with van der Waals surface area (Å²) < 4.78 is 5.58. The van der Waals surface area contributed by atoms with E-state index in [2.05, 4.69) is 29.6 Å². The van der Waals surface area contributed by atoms with E-state index in [0.29, 0.717) is 19.4 Å². The van der Waals surface area contributed by atoms with Crippen molar-refractivity contribution in [3.05, 3.63) is 59.7 Å². The Bertz CT molecular complexity index is 1090. The maximum Gasteiger partial charge on any atom is 0.407 e. The first-order chi connectivity index (χ1) is 16.5. The zero-order valence-corrected chi connectivity index (χ0v) is 19.3. The fourth-order valence-electron chi connectivity index (χ4n) is 5.85. The summed E-state index contributed by atoms with van der Waals surface area (Å²) in [6.45, 7) is 2.68. The Balaban J connectivity index is 1.19. The summed E-state index contributed by atoms with van der Waals surface area (Å²) in [6, 6.07) is 16.3. The third-order valence-corrected chi connectivity index (χ3v) is 7.80. The summed E-state index contributed by atoms with van der Waals surface area (Å²) in [5.41, 5.74) is 3.57. The molecule has 2 N–H and O–H groups in total. The third-order valence-electron chi connectivity index (χ3n) is 7.80. The highest BCUT2D eigenvalue weighted by Crippen LogP contribution is 2.54. The van der Waals surface area contributed by atoms with E-state index in [-0.39, 0.29) is 30.9 Å². The molecule has 0 aromatic heterocycles. The van der Waals surface area contributed by atoms with Crippen molar-refractivity contribution < 1.29 is 24.2 Å². The second kappa shape index (κ2) is 8.78. The van der Waals surface area contributed by atoms with Gasteiger partial charge in [-0.2, -0.15) is 0 Å². The first-order valence-corrected chi connectivity index (χ1v) is 12.1. The van der Waals surface area contributed by atoms with Crippen LogP contribution in [-0.2, 0) is 14.3 Å². The maximum absolute atomic E-state index is 13.2. The van der Waals surface area contributed by atoms with Gasteiger partial charge in [-0.15, -0.1) is 0 Å². The molecule has 0 radical (unpaired) electrons. The van der Waals surface area contributed by atoms with Crippen molar-refractivity contribution in [2.24, 2.45) is 11.8 Å². The summed E-state index contributed by atoms with van der Waals surface area (Å²) in [4.78, 5) is 39.2. The first kappa shape index (κ1) is 22.4. The van der Waals surface area contributed by atoms with Crippen LogP contribution in [0.25, 0.3) is 11.1 Å². The molecule has 1 saturated carbocycles. The number of piperidine rings is 1. The van der Waals surface area contributed by atoms with Gasteiger partial charge in [-0.25, -0.2) is 9.59 Å². The molecule has 0 spiro atoms. The van der Waals surface area contributed by atoms with Gasteiger partial charge in [-0.3, -0.25) is 4.79 Å². The normalized spacial score (nSPS) is 23.3. The number of nitrogens with one attached hydrogen (secondary N) is 1. The number of carbonyl (C=O) groups excluding carboxylic acids is 2. The number of rotatable bonds is 7. The molecule has 3 atom stereocenters. The van der Waals surface area contributed by atoms with Crippen molar-refractivity contribution in [1.29, 1.82) is 0 Å². The Morgan fingerprint density at radius 3 is 2.38 bits per heavy atom. The Kier molecular flexibility index (Phi) is 5.80.